The van der Waals surface area contributed by atoms with E-state index in [-0.39, 0.29) is 70.8 Å². The lowest BCUT2D eigenvalue weighted by atomic mass is 9.98. The van der Waals surface area contributed by atoms with Gasteiger partial charge in [-0.1, -0.05) is 145 Å². The highest BCUT2D eigenvalue weighted by molar-refractivity contribution is 6.15. The quantitative estimate of drug-likeness (QED) is 0.167. The van der Waals surface area contributed by atoms with Gasteiger partial charge in [0.15, 0.2) is 0 Å². The monoisotopic (exact) mass is 646 g/mol. The second-order valence-corrected chi connectivity index (χ2v) is 12.0. The maximum atomic E-state index is 9.43. The summed E-state index contributed by atoms with van der Waals surface area (Å²) in [5.74, 6) is 0. The van der Waals surface area contributed by atoms with Gasteiger partial charge in [-0.2, -0.15) is 0 Å². The summed E-state index contributed by atoms with van der Waals surface area (Å²) in [7, 11) is 0. The van der Waals surface area contributed by atoms with E-state index in [1.807, 2.05) is 72.8 Å². The van der Waals surface area contributed by atoms with Gasteiger partial charge in [0, 0.05) is 33.5 Å². The van der Waals surface area contributed by atoms with E-state index in [1.165, 1.54) is 4.90 Å². The molecular formula is C48H34N2. The normalized spacial score (nSPS) is 13.4. The summed E-state index contributed by atoms with van der Waals surface area (Å²) < 4.78 is 76.7. The number of nitrogens with zero attached hydrogens (tertiary/aromatic N) is 2. The number of fused-ring (bicyclic) bond motifs is 3. The van der Waals surface area contributed by atoms with Crippen molar-refractivity contribution in [3.05, 3.63) is 206 Å². The number of para-hydroxylation sites is 2. The summed E-state index contributed by atoms with van der Waals surface area (Å²) in [5.41, 5.74) is 5.88. The highest BCUT2D eigenvalue weighted by Gasteiger charge is 2.18. The van der Waals surface area contributed by atoms with Gasteiger partial charge < -0.3 is 9.47 Å². The highest BCUT2D eigenvalue weighted by atomic mass is 15.1. The van der Waals surface area contributed by atoms with Gasteiger partial charge in [0.2, 0.25) is 0 Å². The molecule has 0 saturated carbocycles. The first-order valence-corrected chi connectivity index (χ1v) is 16.5. The molecule has 2 heteroatoms. The molecule has 9 aromatic rings. The van der Waals surface area contributed by atoms with Crippen molar-refractivity contribution in [3.8, 4) is 39.1 Å². The maximum Gasteiger partial charge on any atom is 0.0645 e. The fourth-order valence-electron chi connectivity index (χ4n) is 6.63. The first-order valence-electron chi connectivity index (χ1n) is 20.5. The van der Waals surface area contributed by atoms with Crippen LogP contribution in [-0.4, -0.2) is 4.57 Å². The van der Waals surface area contributed by atoms with Crippen molar-refractivity contribution in [2.75, 3.05) is 4.90 Å². The molecule has 1 heterocycles. The third kappa shape index (κ3) is 5.34. The predicted molar refractivity (Wildman–Crippen MR) is 212 cm³/mol. The van der Waals surface area contributed by atoms with Crippen molar-refractivity contribution < 1.29 is 11.0 Å². The Kier molecular flexibility index (Phi) is 5.63. The van der Waals surface area contributed by atoms with Gasteiger partial charge in [-0.3, -0.25) is 0 Å². The Morgan fingerprint density at radius 1 is 0.380 bits per heavy atom. The summed E-state index contributed by atoms with van der Waals surface area (Å²) in [5, 5.41) is 2.03. The summed E-state index contributed by atoms with van der Waals surface area (Å²) in [4.78, 5) is 1.36. The predicted octanol–water partition coefficient (Wildman–Crippen LogP) is 13.3. The molecule has 0 unspecified atom stereocenters. The van der Waals surface area contributed by atoms with Crippen LogP contribution in [0.3, 0.4) is 0 Å². The fourth-order valence-corrected chi connectivity index (χ4v) is 6.63. The molecule has 0 N–H and O–H groups in total. The second kappa shape index (κ2) is 12.8. The van der Waals surface area contributed by atoms with Crippen LogP contribution in [0.1, 0.15) is 11.0 Å². The third-order valence-electron chi connectivity index (χ3n) is 8.92. The highest BCUT2D eigenvalue weighted by Crippen LogP contribution is 2.42. The molecule has 0 fully saturated rings. The van der Waals surface area contributed by atoms with E-state index in [4.69, 9.17) is 0 Å². The average molecular weight is 647 g/mol. The van der Waals surface area contributed by atoms with Crippen molar-refractivity contribution in [1.29, 1.82) is 0 Å². The number of anilines is 3. The van der Waals surface area contributed by atoms with Gasteiger partial charge in [-0.05, 0) is 93.9 Å². The van der Waals surface area contributed by atoms with Crippen molar-refractivity contribution in [2.24, 2.45) is 0 Å². The van der Waals surface area contributed by atoms with E-state index in [0.717, 1.165) is 38.6 Å². The average Bonchev–Trinajstić information content (AvgIpc) is 3.60. The second-order valence-electron chi connectivity index (χ2n) is 12.0. The number of hydrogen-bond donors (Lipinski definition) is 0. The van der Waals surface area contributed by atoms with E-state index in [2.05, 4.69) is 34.9 Å². The SMILES string of the molecule is [2H]c1c([2H])c(N(c2cccc(-c3cccc4c3c3ccccc3n4-c3ccccc3)c2)c2c([2H])c([2H])c(-c3ccccc3)c([2H])c2[2H])c([2H])c([2H])c1-c1ccccc1. The lowest BCUT2D eigenvalue weighted by Gasteiger charge is -2.26. The lowest BCUT2D eigenvalue weighted by molar-refractivity contribution is 1.18. The van der Waals surface area contributed by atoms with Crippen LogP contribution in [0.2, 0.25) is 0 Å². The van der Waals surface area contributed by atoms with Gasteiger partial charge in [-0.15, -0.1) is 0 Å². The van der Waals surface area contributed by atoms with Crippen LogP contribution in [0.4, 0.5) is 17.1 Å². The zero-order valence-electron chi connectivity index (χ0n) is 34.9. The minimum Gasteiger partial charge on any atom is -0.310 e. The molecule has 0 aliphatic heterocycles. The van der Waals surface area contributed by atoms with Crippen LogP contribution < -0.4 is 4.90 Å². The summed E-state index contributed by atoms with van der Waals surface area (Å²) in [6.07, 6.45) is 0. The Labute approximate surface area is 304 Å². The molecule has 0 saturated heterocycles. The van der Waals surface area contributed by atoms with Crippen molar-refractivity contribution >= 4 is 38.9 Å². The molecule has 0 amide bonds. The van der Waals surface area contributed by atoms with E-state index >= 15 is 0 Å². The number of aromatic nitrogens is 1. The van der Waals surface area contributed by atoms with Crippen LogP contribution in [0.5, 0.6) is 0 Å². The summed E-state index contributed by atoms with van der Waals surface area (Å²) >= 11 is 0. The topological polar surface area (TPSA) is 8.17 Å². The lowest BCUT2D eigenvalue weighted by Crippen LogP contribution is -2.10. The van der Waals surface area contributed by atoms with Gasteiger partial charge in [0.05, 0.1) is 22.0 Å². The number of rotatable bonds is 7. The zero-order chi connectivity index (χ0) is 40.2. The van der Waals surface area contributed by atoms with Gasteiger partial charge >= 0.3 is 0 Å². The van der Waals surface area contributed by atoms with Gasteiger partial charge in [-0.25, -0.2) is 0 Å². The fraction of sp³-hybridized carbons (Fsp3) is 0. The molecule has 2 nitrogen and oxygen atoms in total. The Morgan fingerprint density at radius 3 is 1.50 bits per heavy atom. The van der Waals surface area contributed by atoms with Crippen molar-refractivity contribution in [2.45, 2.75) is 0 Å². The van der Waals surface area contributed by atoms with Crippen LogP contribution >= 0.6 is 0 Å². The molecule has 0 aliphatic carbocycles. The van der Waals surface area contributed by atoms with E-state index in [1.54, 1.807) is 54.6 Å². The minimum atomic E-state index is -0.387. The Balaban J connectivity index is 1.33. The first-order chi connectivity index (χ1) is 28.2. The van der Waals surface area contributed by atoms with Crippen LogP contribution in [0.25, 0.3) is 60.9 Å². The molecule has 8 aromatic carbocycles. The molecule has 0 aliphatic rings. The van der Waals surface area contributed by atoms with Crippen molar-refractivity contribution in [3.63, 3.8) is 0 Å². The molecule has 9 rings (SSSR count). The van der Waals surface area contributed by atoms with E-state index in [9.17, 15) is 11.0 Å². The molecule has 0 atom stereocenters. The minimum absolute atomic E-state index is 0.119. The first kappa shape index (κ1) is 22.1. The van der Waals surface area contributed by atoms with Crippen LogP contribution in [-0.2, 0) is 0 Å². The summed E-state index contributed by atoms with van der Waals surface area (Å²) in [6, 6.07) is 46.7. The van der Waals surface area contributed by atoms with Crippen LogP contribution in [0, 0.1) is 0 Å². The number of benzene rings is 8. The van der Waals surface area contributed by atoms with E-state index < -0.39 is 0 Å². The van der Waals surface area contributed by atoms with Gasteiger partial charge in [0.1, 0.15) is 0 Å². The van der Waals surface area contributed by atoms with Crippen LogP contribution in [0.15, 0.2) is 206 Å². The largest absolute Gasteiger partial charge is 0.310 e. The Hall–Kier alpha value is -6.64. The Morgan fingerprint density at radius 2 is 0.880 bits per heavy atom. The summed E-state index contributed by atoms with van der Waals surface area (Å²) in [6.45, 7) is 0. The standard InChI is InChI=1S/C48H34N2/c1-4-14-35(15-5-1)37-26-30-41(31-27-37)49(42-32-28-38(29-33-42)36-16-6-2-7-17-36)43-21-12-18-39(34-43)44-23-13-25-47-48(44)45-22-10-11-24-46(45)50(47)40-19-8-3-9-20-40/h1-34H/i26D,27D,28D,29D,30D,31D,32D,33D. The number of hydrogen-bond acceptors (Lipinski definition) is 1. The molecule has 50 heavy (non-hydrogen) atoms. The molecule has 236 valence electrons. The zero-order valence-corrected chi connectivity index (χ0v) is 26.9. The van der Waals surface area contributed by atoms with Crippen molar-refractivity contribution in [1.82, 2.24) is 4.57 Å². The van der Waals surface area contributed by atoms with Gasteiger partial charge in [0.25, 0.3) is 0 Å². The van der Waals surface area contributed by atoms with E-state index in [0.29, 0.717) is 16.8 Å². The third-order valence-corrected chi connectivity index (χ3v) is 8.92. The molecule has 1 aromatic heterocycles. The molecule has 0 radical (unpaired) electrons. The maximum absolute atomic E-state index is 9.43. The molecular weight excluding hydrogens is 605 g/mol. The molecule has 0 spiro atoms. The smallest absolute Gasteiger partial charge is 0.0645 e. The molecule has 0 bridgehead atoms. The Bertz CT molecular complexity index is 2870.